The van der Waals surface area contributed by atoms with Gasteiger partial charge in [0.1, 0.15) is 0 Å². The molecule has 2 aromatic rings. The van der Waals surface area contributed by atoms with Gasteiger partial charge in [-0.3, -0.25) is 9.69 Å². The molecule has 1 heterocycles. The van der Waals surface area contributed by atoms with E-state index in [1.807, 2.05) is 25.1 Å². The second-order valence-electron chi connectivity index (χ2n) is 7.44. The van der Waals surface area contributed by atoms with Crippen LogP contribution in [0.25, 0.3) is 0 Å². The largest absolute Gasteiger partial charge is 0.325 e. The predicted molar refractivity (Wildman–Crippen MR) is 122 cm³/mol. The third kappa shape index (κ3) is 6.31. The van der Waals surface area contributed by atoms with Crippen molar-refractivity contribution in [3.05, 3.63) is 54.1 Å². The number of rotatable bonds is 9. The summed E-state index contributed by atoms with van der Waals surface area (Å²) >= 11 is 1.58. The van der Waals surface area contributed by atoms with Crippen molar-refractivity contribution >= 4 is 33.4 Å². The molecule has 30 heavy (non-hydrogen) atoms. The molecule has 0 saturated carbocycles. The van der Waals surface area contributed by atoms with E-state index in [9.17, 15) is 13.2 Å². The number of nitrogens with zero attached hydrogens (tertiary/aromatic N) is 1. The summed E-state index contributed by atoms with van der Waals surface area (Å²) in [5, 5.41) is 2.98. The van der Waals surface area contributed by atoms with Crippen molar-refractivity contribution in [1.82, 2.24) is 9.62 Å². The summed E-state index contributed by atoms with van der Waals surface area (Å²) in [6, 6.07) is 15.2. The SMILES string of the molecule is CCN(CCCNS(=O)(=O)c1ccc2c(c1)NC(=O)CC(C)S2)Cc1ccccc1. The first-order chi connectivity index (χ1) is 14.4. The lowest BCUT2D eigenvalue weighted by Gasteiger charge is -2.20. The number of fused-ring (bicyclic) bond motifs is 1. The summed E-state index contributed by atoms with van der Waals surface area (Å²) < 4.78 is 28.1. The Morgan fingerprint density at radius 3 is 2.70 bits per heavy atom. The molecule has 0 aliphatic carbocycles. The summed E-state index contributed by atoms with van der Waals surface area (Å²) in [4.78, 5) is 15.3. The summed E-state index contributed by atoms with van der Waals surface area (Å²) in [5.74, 6) is -0.0886. The standard InChI is InChI=1S/C22H29N3O3S2/c1-3-25(16-18-8-5-4-6-9-18)13-7-12-23-30(27,28)19-10-11-21-20(15-19)24-22(26)14-17(2)29-21/h4-6,8-11,15,17,23H,3,7,12-14,16H2,1-2H3,(H,24,26). The maximum absolute atomic E-state index is 12.7. The lowest BCUT2D eigenvalue weighted by atomic mass is 10.2. The van der Waals surface area contributed by atoms with Crippen molar-refractivity contribution in [3.8, 4) is 0 Å². The lowest BCUT2D eigenvalue weighted by Crippen LogP contribution is -2.30. The van der Waals surface area contributed by atoms with Crippen molar-refractivity contribution in [2.24, 2.45) is 0 Å². The number of amides is 1. The Morgan fingerprint density at radius 1 is 1.20 bits per heavy atom. The maximum Gasteiger partial charge on any atom is 0.240 e. The molecule has 3 rings (SSSR count). The van der Waals surface area contributed by atoms with E-state index in [-0.39, 0.29) is 16.1 Å². The van der Waals surface area contributed by atoms with Gasteiger partial charge < -0.3 is 5.32 Å². The van der Waals surface area contributed by atoms with E-state index in [4.69, 9.17) is 0 Å². The predicted octanol–water partition coefficient (Wildman–Crippen LogP) is 3.70. The first-order valence-corrected chi connectivity index (χ1v) is 12.6. The molecule has 1 unspecified atom stereocenters. The molecule has 1 atom stereocenters. The van der Waals surface area contributed by atoms with Gasteiger partial charge in [0.25, 0.3) is 0 Å². The first kappa shape index (κ1) is 22.8. The number of benzene rings is 2. The van der Waals surface area contributed by atoms with Crippen molar-refractivity contribution in [3.63, 3.8) is 0 Å². The van der Waals surface area contributed by atoms with Crippen LogP contribution < -0.4 is 10.0 Å². The average molecular weight is 448 g/mol. The third-order valence-corrected chi connectivity index (χ3v) is 7.61. The quantitative estimate of drug-likeness (QED) is 0.573. The number of anilines is 1. The minimum atomic E-state index is -3.63. The number of carbonyl (C=O) groups excluding carboxylic acids is 1. The zero-order chi connectivity index (χ0) is 21.6. The van der Waals surface area contributed by atoms with Crippen molar-refractivity contribution < 1.29 is 13.2 Å². The molecule has 0 bridgehead atoms. The van der Waals surface area contributed by atoms with E-state index in [0.29, 0.717) is 18.7 Å². The van der Waals surface area contributed by atoms with Gasteiger partial charge in [0.15, 0.2) is 0 Å². The van der Waals surface area contributed by atoms with E-state index >= 15 is 0 Å². The smallest absolute Gasteiger partial charge is 0.240 e. The second-order valence-corrected chi connectivity index (χ2v) is 10.7. The van der Waals surface area contributed by atoms with Gasteiger partial charge in [-0.15, -0.1) is 11.8 Å². The highest BCUT2D eigenvalue weighted by molar-refractivity contribution is 8.00. The molecule has 0 saturated heterocycles. The molecule has 0 aromatic heterocycles. The number of hydrogen-bond acceptors (Lipinski definition) is 5. The van der Waals surface area contributed by atoms with E-state index < -0.39 is 10.0 Å². The van der Waals surface area contributed by atoms with Crippen LogP contribution in [0.3, 0.4) is 0 Å². The van der Waals surface area contributed by atoms with E-state index in [0.717, 1.165) is 31.0 Å². The Labute approximate surface area is 183 Å². The number of nitrogens with one attached hydrogen (secondary N) is 2. The van der Waals surface area contributed by atoms with Gasteiger partial charge >= 0.3 is 0 Å². The van der Waals surface area contributed by atoms with Crippen LogP contribution in [-0.4, -0.2) is 44.1 Å². The second kappa shape index (κ2) is 10.4. The van der Waals surface area contributed by atoms with Crippen LogP contribution >= 0.6 is 11.8 Å². The zero-order valence-electron chi connectivity index (χ0n) is 17.4. The molecule has 1 aliphatic rings. The fourth-order valence-corrected chi connectivity index (χ4v) is 5.53. The molecule has 1 amide bonds. The van der Waals surface area contributed by atoms with Gasteiger partial charge in [0.05, 0.1) is 10.6 Å². The Hall–Kier alpha value is -1.87. The molecule has 6 nitrogen and oxygen atoms in total. The van der Waals surface area contributed by atoms with Crippen LogP contribution in [0.15, 0.2) is 58.3 Å². The van der Waals surface area contributed by atoms with Crippen molar-refractivity contribution in [2.75, 3.05) is 25.0 Å². The lowest BCUT2D eigenvalue weighted by molar-refractivity contribution is -0.116. The van der Waals surface area contributed by atoms with Crippen molar-refractivity contribution in [2.45, 2.75) is 48.3 Å². The highest BCUT2D eigenvalue weighted by Crippen LogP contribution is 2.36. The highest BCUT2D eigenvalue weighted by Gasteiger charge is 2.22. The minimum Gasteiger partial charge on any atom is -0.325 e. The van der Waals surface area contributed by atoms with Gasteiger partial charge in [0.2, 0.25) is 15.9 Å². The first-order valence-electron chi connectivity index (χ1n) is 10.2. The number of sulfonamides is 1. The van der Waals surface area contributed by atoms with Gasteiger partial charge in [-0.25, -0.2) is 13.1 Å². The molecule has 162 valence electrons. The number of hydrogen-bond donors (Lipinski definition) is 2. The van der Waals surface area contributed by atoms with Crippen LogP contribution in [0.5, 0.6) is 0 Å². The topological polar surface area (TPSA) is 78.5 Å². The van der Waals surface area contributed by atoms with Crippen molar-refractivity contribution in [1.29, 1.82) is 0 Å². The Kier molecular flexibility index (Phi) is 7.93. The summed E-state index contributed by atoms with van der Waals surface area (Å²) in [7, 11) is -3.63. The highest BCUT2D eigenvalue weighted by atomic mass is 32.2. The van der Waals surface area contributed by atoms with Crippen LogP contribution in [0.4, 0.5) is 5.69 Å². The van der Waals surface area contributed by atoms with Gasteiger partial charge in [-0.05, 0) is 43.3 Å². The number of thioether (sulfide) groups is 1. The summed E-state index contributed by atoms with van der Waals surface area (Å²) in [6.45, 7) is 7.03. The normalized spacial score (nSPS) is 16.8. The van der Waals surface area contributed by atoms with E-state index in [1.54, 1.807) is 30.0 Å². The molecule has 1 aliphatic heterocycles. The minimum absolute atomic E-state index is 0.0886. The molecule has 0 spiro atoms. The Morgan fingerprint density at radius 2 is 1.97 bits per heavy atom. The maximum atomic E-state index is 12.7. The Bertz CT molecular complexity index is 965. The fourth-order valence-electron chi connectivity index (χ4n) is 3.38. The van der Waals surface area contributed by atoms with E-state index in [2.05, 4.69) is 34.0 Å². The monoisotopic (exact) mass is 447 g/mol. The summed E-state index contributed by atoms with van der Waals surface area (Å²) in [5.41, 5.74) is 1.82. The molecule has 0 radical (unpaired) electrons. The number of carbonyl (C=O) groups is 1. The van der Waals surface area contributed by atoms with Gasteiger partial charge in [-0.2, -0.15) is 0 Å². The molecule has 8 heteroatoms. The average Bonchev–Trinajstić information content (AvgIpc) is 2.86. The van der Waals surface area contributed by atoms with Crippen LogP contribution in [0, 0.1) is 0 Å². The molecular formula is C22H29N3O3S2. The molecule has 2 aromatic carbocycles. The zero-order valence-corrected chi connectivity index (χ0v) is 19.1. The van der Waals surface area contributed by atoms with Crippen LogP contribution in [0.2, 0.25) is 0 Å². The van der Waals surface area contributed by atoms with Gasteiger partial charge in [-0.1, -0.05) is 44.2 Å². The Balaban J connectivity index is 1.56. The molecular weight excluding hydrogens is 418 g/mol. The molecule has 0 fully saturated rings. The van der Waals surface area contributed by atoms with Crippen LogP contribution in [0.1, 0.15) is 32.3 Å². The van der Waals surface area contributed by atoms with Gasteiger partial charge in [0, 0.05) is 29.7 Å². The third-order valence-electron chi connectivity index (χ3n) is 4.98. The molecule has 2 N–H and O–H groups in total. The summed E-state index contributed by atoms with van der Waals surface area (Å²) in [6.07, 6.45) is 1.13. The fraction of sp³-hybridized carbons (Fsp3) is 0.409. The van der Waals surface area contributed by atoms with Crippen LogP contribution in [-0.2, 0) is 21.4 Å². The van der Waals surface area contributed by atoms with E-state index in [1.165, 1.54) is 5.56 Å².